The van der Waals surface area contributed by atoms with E-state index in [1.807, 2.05) is 41.5 Å². The summed E-state index contributed by atoms with van der Waals surface area (Å²) < 4.78 is 11.0. The van der Waals surface area contributed by atoms with Crippen molar-refractivity contribution in [2.45, 2.75) is 107 Å². The number of amides is 2. The number of rotatable bonds is 12. The maximum atomic E-state index is 12.6. The van der Waals surface area contributed by atoms with Crippen LogP contribution in [0.2, 0.25) is 0 Å². The van der Waals surface area contributed by atoms with Crippen molar-refractivity contribution >= 4 is 12.0 Å². The number of carbonyl (C=O) groups excluding carboxylic acids is 2. The summed E-state index contributed by atoms with van der Waals surface area (Å²) >= 11 is 0. The van der Waals surface area contributed by atoms with Crippen LogP contribution in [0.25, 0.3) is 0 Å². The predicted molar refractivity (Wildman–Crippen MR) is 124 cm³/mol. The highest BCUT2D eigenvalue weighted by Crippen LogP contribution is 2.30. The Balaban J connectivity index is 3.99. The Bertz CT molecular complexity index is 518. The van der Waals surface area contributed by atoms with Gasteiger partial charge >= 0.3 is 6.09 Å². The Kier molecular flexibility index (Phi) is 12.0. The molecule has 0 bridgehead atoms. The Morgan fingerprint density at radius 3 is 2.03 bits per heavy atom. The molecule has 2 amide bonds. The molecule has 0 saturated carbocycles. The highest BCUT2D eigenvalue weighted by Gasteiger charge is 2.29. The number of carbonyl (C=O) groups is 2. The van der Waals surface area contributed by atoms with Crippen LogP contribution in [0, 0.1) is 16.7 Å². The first-order valence-electron chi connectivity index (χ1n) is 11.4. The van der Waals surface area contributed by atoms with Gasteiger partial charge in [-0.05, 0) is 64.7 Å². The normalized spacial score (nSPS) is 14.7. The monoisotopic (exact) mass is 428 g/mol. The molecule has 0 aliphatic carbocycles. The largest absolute Gasteiger partial charge is 0.444 e. The fraction of sp³-hybridized carbons (Fsp3) is 0.917. The average Bonchev–Trinajstić information content (AvgIpc) is 2.54. The first kappa shape index (κ1) is 28.7. The van der Waals surface area contributed by atoms with Crippen LogP contribution in [0.5, 0.6) is 0 Å². The number of hydrogen-bond donors (Lipinski definition) is 2. The second-order valence-electron chi connectivity index (χ2n) is 11.5. The molecule has 0 aromatic heterocycles. The highest BCUT2D eigenvalue weighted by atomic mass is 16.6. The van der Waals surface area contributed by atoms with Gasteiger partial charge < -0.3 is 20.1 Å². The maximum absolute atomic E-state index is 12.6. The lowest BCUT2D eigenvalue weighted by atomic mass is 9.79. The third-order valence-electron chi connectivity index (χ3n) is 4.90. The quantitative estimate of drug-likeness (QED) is 0.413. The van der Waals surface area contributed by atoms with E-state index in [0.29, 0.717) is 25.7 Å². The minimum Gasteiger partial charge on any atom is -0.444 e. The van der Waals surface area contributed by atoms with Gasteiger partial charge in [0.2, 0.25) is 5.91 Å². The lowest BCUT2D eigenvalue weighted by Gasteiger charge is -2.29. The summed E-state index contributed by atoms with van der Waals surface area (Å²) in [5.74, 6) is 0.446. The van der Waals surface area contributed by atoms with E-state index in [2.05, 4.69) is 38.3 Å². The molecule has 0 aliphatic heterocycles. The Labute approximate surface area is 185 Å². The van der Waals surface area contributed by atoms with Crippen molar-refractivity contribution in [3.63, 3.8) is 0 Å². The van der Waals surface area contributed by atoms with Crippen LogP contribution >= 0.6 is 0 Å². The summed E-state index contributed by atoms with van der Waals surface area (Å²) in [7, 11) is 0. The number of hydrogen-bond acceptors (Lipinski definition) is 4. The summed E-state index contributed by atoms with van der Waals surface area (Å²) in [5.41, 5.74) is -0.610. The molecule has 0 spiro atoms. The Morgan fingerprint density at radius 2 is 1.50 bits per heavy atom. The SMILES string of the molecule is CC(CCNC(=O)OC(C)(C)C)COCCC(C)NC(=O)C(C)(C)CCC(C)(C)C. The van der Waals surface area contributed by atoms with Gasteiger partial charge in [-0.3, -0.25) is 4.79 Å². The molecule has 2 atom stereocenters. The molecule has 0 radical (unpaired) electrons. The van der Waals surface area contributed by atoms with E-state index >= 15 is 0 Å². The molecule has 0 rings (SSSR count). The molecule has 0 fully saturated rings. The Hall–Kier alpha value is -1.30. The van der Waals surface area contributed by atoms with Crippen LogP contribution in [0.1, 0.15) is 94.9 Å². The Morgan fingerprint density at radius 1 is 0.900 bits per heavy atom. The zero-order valence-corrected chi connectivity index (χ0v) is 21.2. The molecule has 0 heterocycles. The maximum Gasteiger partial charge on any atom is 0.407 e. The van der Waals surface area contributed by atoms with Crippen molar-refractivity contribution in [2.75, 3.05) is 19.8 Å². The van der Waals surface area contributed by atoms with E-state index in [1.54, 1.807) is 0 Å². The molecule has 2 N–H and O–H groups in total. The molecule has 0 saturated heterocycles. The minimum atomic E-state index is -0.479. The van der Waals surface area contributed by atoms with Crippen LogP contribution in [-0.2, 0) is 14.3 Å². The molecule has 0 aromatic rings. The van der Waals surface area contributed by atoms with E-state index in [-0.39, 0.29) is 28.9 Å². The fourth-order valence-corrected chi connectivity index (χ4v) is 2.66. The zero-order valence-electron chi connectivity index (χ0n) is 21.2. The van der Waals surface area contributed by atoms with Crippen LogP contribution < -0.4 is 10.6 Å². The third kappa shape index (κ3) is 15.5. The van der Waals surface area contributed by atoms with Crippen LogP contribution in [0.15, 0.2) is 0 Å². The van der Waals surface area contributed by atoms with Gasteiger partial charge in [0.15, 0.2) is 0 Å². The van der Waals surface area contributed by atoms with Gasteiger partial charge in [-0.1, -0.05) is 41.5 Å². The summed E-state index contributed by atoms with van der Waals surface area (Å²) in [4.78, 5) is 24.2. The number of alkyl carbamates (subject to hydrolysis) is 1. The van der Waals surface area contributed by atoms with Gasteiger partial charge in [0.1, 0.15) is 5.60 Å². The van der Waals surface area contributed by atoms with Gasteiger partial charge in [-0.15, -0.1) is 0 Å². The van der Waals surface area contributed by atoms with E-state index in [9.17, 15) is 9.59 Å². The van der Waals surface area contributed by atoms with Gasteiger partial charge in [0, 0.05) is 31.2 Å². The minimum absolute atomic E-state index is 0.0792. The van der Waals surface area contributed by atoms with Crippen molar-refractivity contribution in [3.8, 4) is 0 Å². The first-order valence-corrected chi connectivity index (χ1v) is 11.4. The fourth-order valence-electron chi connectivity index (χ4n) is 2.66. The summed E-state index contributed by atoms with van der Waals surface area (Å²) in [5, 5.41) is 5.90. The second-order valence-corrected chi connectivity index (χ2v) is 11.5. The molecular formula is C24H48N2O4. The lowest BCUT2D eigenvalue weighted by molar-refractivity contribution is -0.130. The van der Waals surface area contributed by atoms with Gasteiger partial charge in [0.05, 0.1) is 0 Å². The van der Waals surface area contributed by atoms with Crippen molar-refractivity contribution in [1.82, 2.24) is 10.6 Å². The number of ether oxygens (including phenoxy) is 2. The molecule has 6 nitrogen and oxygen atoms in total. The molecule has 6 heteroatoms. The average molecular weight is 429 g/mol. The molecule has 178 valence electrons. The zero-order chi connectivity index (χ0) is 23.6. The van der Waals surface area contributed by atoms with E-state index < -0.39 is 5.60 Å². The van der Waals surface area contributed by atoms with E-state index in [1.165, 1.54) is 0 Å². The third-order valence-corrected chi connectivity index (χ3v) is 4.90. The molecule has 0 aliphatic rings. The summed E-state index contributed by atoms with van der Waals surface area (Å²) in [6.07, 6.45) is 3.12. The van der Waals surface area contributed by atoms with Crippen molar-refractivity contribution in [1.29, 1.82) is 0 Å². The van der Waals surface area contributed by atoms with Gasteiger partial charge in [-0.25, -0.2) is 4.79 Å². The van der Waals surface area contributed by atoms with E-state index in [4.69, 9.17) is 9.47 Å². The smallest absolute Gasteiger partial charge is 0.407 e. The van der Waals surface area contributed by atoms with Crippen LogP contribution in [-0.4, -0.2) is 43.4 Å². The van der Waals surface area contributed by atoms with Crippen molar-refractivity contribution < 1.29 is 19.1 Å². The van der Waals surface area contributed by atoms with Crippen molar-refractivity contribution in [3.05, 3.63) is 0 Å². The molecule has 2 unspecified atom stereocenters. The highest BCUT2D eigenvalue weighted by molar-refractivity contribution is 5.82. The topological polar surface area (TPSA) is 76.7 Å². The van der Waals surface area contributed by atoms with Crippen LogP contribution in [0.4, 0.5) is 4.79 Å². The first-order chi connectivity index (χ1) is 13.5. The van der Waals surface area contributed by atoms with Crippen molar-refractivity contribution in [2.24, 2.45) is 16.7 Å². The predicted octanol–water partition coefficient (Wildman–Crippen LogP) is 5.30. The van der Waals surface area contributed by atoms with Gasteiger partial charge in [0.25, 0.3) is 0 Å². The van der Waals surface area contributed by atoms with Gasteiger partial charge in [-0.2, -0.15) is 0 Å². The number of nitrogens with one attached hydrogen (secondary N) is 2. The summed E-state index contributed by atoms with van der Waals surface area (Å²) in [6, 6.07) is 0.0792. The molecule has 30 heavy (non-hydrogen) atoms. The molecular weight excluding hydrogens is 380 g/mol. The lowest BCUT2D eigenvalue weighted by Crippen LogP contribution is -2.42. The second kappa shape index (κ2) is 12.5. The van der Waals surface area contributed by atoms with E-state index in [0.717, 1.165) is 25.7 Å². The standard InChI is InChI=1S/C24H48N2O4/c1-18(11-15-25-21(28)30-23(6,7)8)17-29-16-12-19(2)26-20(27)24(9,10)14-13-22(3,4)5/h18-19H,11-17H2,1-10H3,(H,25,28)(H,26,27). The molecule has 0 aromatic carbocycles. The van der Waals surface area contributed by atoms with Crippen LogP contribution in [0.3, 0.4) is 0 Å². The summed E-state index contributed by atoms with van der Waals surface area (Å²) in [6.45, 7) is 22.1.